The highest BCUT2D eigenvalue weighted by Crippen LogP contribution is 2.36. The van der Waals surface area contributed by atoms with E-state index in [1.807, 2.05) is 48.9 Å². The summed E-state index contributed by atoms with van der Waals surface area (Å²) in [6.45, 7) is 21.3. The number of nitrogens with zero attached hydrogens (tertiary/aromatic N) is 4. The zero-order chi connectivity index (χ0) is 38.3. The van der Waals surface area contributed by atoms with E-state index in [0.29, 0.717) is 55.5 Å². The Morgan fingerprint density at radius 1 is 0.942 bits per heavy atom. The summed E-state index contributed by atoms with van der Waals surface area (Å²) in [7, 11) is -6.03. The topological polar surface area (TPSA) is 108 Å². The third-order valence-corrected chi connectivity index (χ3v) is 14.7. The number of fused-ring (bicyclic) bond motifs is 1. The van der Waals surface area contributed by atoms with Gasteiger partial charge in [-0.15, -0.1) is 0 Å². The summed E-state index contributed by atoms with van der Waals surface area (Å²) in [6.07, 6.45) is 0.619. The second kappa shape index (κ2) is 18.2. The van der Waals surface area contributed by atoms with Gasteiger partial charge in [-0.25, -0.2) is 22.5 Å². The lowest BCUT2D eigenvalue weighted by Gasteiger charge is -2.25. The standard InChI is InChI=1S/C37H55FIN5O5SSi2/c1-10-27-21-34(49-26-48-18-20-52(7,8)9)30(38)22-29(27)31-23-33-35(36(39)42-43(33)25-47-17-19-51(4,5)6)37(41-31)40-24-28-15-13-14-16-32(28)44(11-2)50(45,46)12-3/h13-16,21-23H,10-12,17-20,24-26H2,1-9H3,(H,40,41). The molecule has 0 atom stereocenters. The Kier molecular flexibility index (Phi) is 14.7. The molecular weight excluding hydrogens is 829 g/mol. The average Bonchev–Trinajstić information content (AvgIpc) is 3.40. The molecule has 1 N–H and O–H groups in total. The molecule has 0 amide bonds. The normalized spacial score (nSPS) is 12.4. The zero-order valence-electron chi connectivity index (χ0n) is 32.1. The number of nitrogens with one attached hydrogen (secondary N) is 1. The van der Waals surface area contributed by atoms with E-state index in [1.54, 1.807) is 13.0 Å². The Balaban J connectivity index is 1.74. The fraction of sp³-hybridized carbons (Fsp3) is 0.514. The fourth-order valence-electron chi connectivity index (χ4n) is 5.58. The highest BCUT2D eigenvalue weighted by molar-refractivity contribution is 14.1. The lowest BCUT2D eigenvalue weighted by Crippen LogP contribution is -2.33. The largest absolute Gasteiger partial charge is 0.464 e. The Labute approximate surface area is 325 Å². The van der Waals surface area contributed by atoms with Crippen LogP contribution in [0.15, 0.2) is 42.5 Å². The molecule has 0 fully saturated rings. The van der Waals surface area contributed by atoms with Crippen LogP contribution >= 0.6 is 22.6 Å². The van der Waals surface area contributed by atoms with Gasteiger partial charge < -0.3 is 19.5 Å². The number of aryl methyl sites for hydroxylation is 1. The predicted molar refractivity (Wildman–Crippen MR) is 225 cm³/mol. The smallest absolute Gasteiger partial charge is 0.234 e. The summed E-state index contributed by atoms with van der Waals surface area (Å²) in [5.74, 6) is 0.194. The number of hydrogen-bond donors (Lipinski definition) is 1. The van der Waals surface area contributed by atoms with Crippen molar-refractivity contribution in [1.82, 2.24) is 14.8 Å². The van der Waals surface area contributed by atoms with Crippen molar-refractivity contribution in [2.45, 2.75) is 91.8 Å². The summed E-state index contributed by atoms with van der Waals surface area (Å²) in [4.78, 5) is 5.07. The van der Waals surface area contributed by atoms with E-state index in [-0.39, 0.29) is 25.0 Å². The van der Waals surface area contributed by atoms with Gasteiger partial charge in [0.2, 0.25) is 10.0 Å². The summed E-state index contributed by atoms with van der Waals surface area (Å²) in [5, 5.41) is 9.14. The zero-order valence-corrected chi connectivity index (χ0v) is 37.1. The van der Waals surface area contributed by atoms with Gasteiger partial charge in [0, 0.05) is 48.0 Å². The van der Waals surface area contributed by atoms with Crippen LogP contribution in [0.2, 0.25) is 51.4 Å². The third kappa shape index (κ3) is 11.2. The van der Waals surface area contributed by atoms with Crippen molar-refractivity contribution in [2.24, 2.45) is 0 Å². The van der Waals surface area contributed by atoms with Crippen LogP contribution in [0.25, 0.3) is 22.2 Å². The molecule has 0 saturated heterocycles. The number of sulfonamides is 1. The van der Waals surface area contributed by atoms with Crippen molar-refractivity contribution in [3.8, 4) is 17.0 Å². The number of pyridine rings is 1. The SMILES string of the molecule is CCc1cc(OCOCC[Si](C)(C)C)c(F)cc1-c1cc2c(c(I)nn2COCC[Si](C)(C)C)c(NCc2ccccc2N(CC)S(=O)(=O)CC)n1. The fourth-order valence-corrected chi connectivity index (χ4v) is 9.07. The molecule has 2 aromatic heterocycles. The summed E-state index contributed by atoms with van der Waals surface area (Å²) >= 11 is 2.21. The lowest BCUT2D eigenvalue weighted by atomic mass is 10.0. The van der Waals surface area contributed by atoms with Gasteiger partial charge >= 0.3 is 0 Å². The maximum absolute atomic E-state index is 15.7. The van der Waals surface area contributed by atoms with E-state index in [2.05, 4.69) is 67.2 Å². The van der Waals surface area contributed by atoms with Crippen LogP contribution in [-0.2, 0) is 39.2 Å². The van der Waals surface area contributed by atoms with E-state index in [4.69, 9.17) is 24.3 Å². The first-order chi connectivity index (χ1) is 24.5. The van der Waals surface area contributed by atoms with E-state index in [9.17, 15) is 8.42 Å². The van der Waals surface area contributed by atoms with Gasteiger partial charge in [0.15, 0.2) is 18.4 Å². The van der Waals surface area contributed by atoms with Gasteiger partial charge in [0.25, 0.3) is 0 Å². The van der Waals surface area contributed by atoms with Crippen LogP contribution in [0.3, 0.4) is 0 Å². The quantitative estimate of drug-likeness (QED) is 0.0406. The number of anilines is 2. The average molecular weight is 884 g/mol. The van der Waals surface area contributed by atoms with Gasteiger partial charge in [0.1, 0.15) is 16.2 Å². The first-order valence-corrected chi connectivity index (χ1v) is 28.1. The molecule has 0 aliphatic carbocycles. The molecule has 15 heteroatoms. The summed E-state index contributed by atoms with van der Waals surface area (Å²) < 4.78 is 63.3. The molecule has 52 heavy (non-hydrogen) atoms. The number of rotatable bonds is 20. The van der Waals surface area contributed by atoms with Crippen molar-refractivity contribution in [1.29, 1.82) is 0 Å². The first kappa shape index (κ1) is 42.2. The van der Waals surface area contributed by atoms with Crippen molar-refractivity contribution >= 4 is 71.2 Å². The van der Waals surface area contributed by atoms with Gasteiger partial charge in [-0.05, 0) is 90.3 Å². The van der Waals surface area contributed by atoms with Gasteiger partial charge in [-0.2, -0.15) is 5.10 Å². The molecule has 2 heterocycles. The van der Waals surface area contributed by atoms with Crippen molar-refractivity contribution in [2.75, 3.05) is 41.9 Å². The van der Waals surface area contributed by atoms with E-state index in [0.717, 1.165) is 37.8 Å². The highest BCUT2D eigenvalue weighted by Gasteiger charge is 2.23. The minimum Gasteiger partial charge on any atom is -0.464 e. The molecule has 0 saturated carbocycles. The maximum Gasteiger partial charge on any atom is 0.234 e. The summed E-state index contributed by atoms with van der Waals surface area (Å²) in [5.41, 5.74) is 4.29. The number of para-hydroxylation sites is 1. The van der Waals surface area contributed by atoms with Gasteiger partial charge in [-0.3, -0.25) is 4.31 Å². The molecule has 286 valence electrons. The van der Waals surface area contributed by atoms with Crippen LogP contribution in [-0.4, -0.2) is 71.6 Å². The molecule has 0 radical (unpaired) electrons. The molecule has 0 aliphatic rings. The van der Waals surface area contributed by atoms with Crippen LogP contribution in [0.5, 0.6) is 5.75 Å². The van der Waals surface area contributed by atoms with Crippen LogP contribution in [0.1, 0.15) is 31.9 Å². The van der Waals surface area contributed by atoms with Gasteiger partial charge in [-0.1, -0.05) is 64.4 Å². The molecule has 4 rings (SSSR count). The Morgan fingerprint density at radius 3 is 2.25 bits per heavy atom. The lowest BCUT2D eigenvalue weighted by molar-refractivity contribution is 0.0197. The van der Waals surface area contributed by atoms with E-state index >= 15 is 4.39 Å². The number of halogens is 2. The Morgan fingerprint density at radius 2 is 1.62 bits per heavy atom. The molecule has 0 unspecified atom stereocenters. The molecule has 0 aliphatic heterocycles. The van der Waals surface area contributed by atoms with E-state index in [1.165, 1.54) is 10.4 Å². The molecule has 0 spiro atoms. The van der Waals surface area contributed by atoms with E-state index < -0.39 is 32.0 Å². The third-order valence-electron chi connectivity index (χ3n) is 8.70. The molecule has 2 aromatic carbocycles. The maximum atomic E-state index is 15.7. The second-order valence-corrected chi connectivity index (χ2v) is 29.7. The first-order valence-electron chi connectivity index (χ1n) is 18.0. The summed E-state index contributed by atoms with van der Waals surface area (Å²) in [6, 6.07) is 14.6. The minimum atomic E-state index is -3.49. The number of aromatic nitrogens is 3. The second-order valence-electron chi connectivity index (χ2n) is 15.2. The number of benzene rings is 2. The minimum absolute atomic E-state index is 0.00397. The molecule has 4 aromatic rings. The molecule has 10 nitrogen and oxygen atoms in total. The number of hydrogen-bond acceptors (Lipinski definition) is 8. The van der Waals surface area contributed by atoms with Crippen LogP contribution < -0.4 is 14.4 Å². The molecular formula is C37H55FIN5O5SSi2. The van der Waals surface area contributed by atoms with Gasteiger partial charge in [0.05, 0.1) is 28.0 Å². The predicted octanol–water partition coefficient (Wildman–Crippen LogP) is 9.20. The molecule has 0 bridgehead atoms. The van der Waals surface area contributed by atoms with Crippen molar-refractivity contribution in [3.05, 3.63) is 63.1 Å². The Hall–Kier alpha value is -2.58. The van der Waals surface area contributed by atoms with Crippen molar-refractivity contribution < 1.29 is 27.0 Å². The highest BCUT2D eigenvalue weighted by atomic mass is 127. The van der Waals surface area contributed by atoms with Crippen LogP contribution in [0, 0.1) is 9.52 Å². The monoisotopic (exact) mass is 883 g/mol. The Bertz CT molecular complexity index is 1930. The van der Waals surface area contributed by atoms with Crippen molar-refractivity contribution in [3.63, 3.8) is 0 Å². The number of ether oxygens (including phenoxy) is 3. The van der Waals surface area contributed by atoms with Crippen LogP contribution in [0.4, 0.5) is 15.9 Å².